The van der Waals surface area contributed by atoms with Gasteiger partial charge in [-0.15, -0.1) is 0 Å². The second kappa shape index (κ2) is 5.91. The Morgan fingerprint density at radius 3 is 2.45 bits per heavy atom. The monoisotopic (exact) mass is 267 g/mol. The van der Waals surface area contributed by atoms with Crippen LogP contribution in [0.15, 0.2) is 18.7 Å². The summed E-state index contributed by atoms with van der Waals surface area (Å²) in [7, 11) is 0. The maximum atomic E-state index is 9.05. The standard InChI is InChI=1S/C13H13N7/c1-9(2)16-5-10-6-17-13(18-7-10)20-8-19-11(3-14)12(20)4-15/h6-9,16H,5H2,1-2H3. The van der Waals surface area contributed by atoms with Gasteiger partial charge in [0, 0.05) is 30.5 Å². The number of nitriles is 2. The third-order valence-corrected chi connectivity index (χ3v) is 2.60. The van der Waals surface area contributed by atoms with E-state index in [-0.39, 0.29) is 11.4 Å². The van der Waals surface area contributed by atoms with E-state index in [1.165, 1.54) is 10.9 Å². The van der Waals surface area contributed by atoms with Crippen molar-refractivity contribution in [2.24, 2.45) is 0 Å². The SMILES string of the molecule is CC(C)NCc1cnc(-n2cnc(C#N)c2C#N)nc1. The van der Waals surface area contributed by atoms with E-state index in [1.807, 2.05) is 12.1 Å². The quantitative estimate of drug-likeness (QED) is 0.882. The molecule has 0 fully saturated rings. The molecule has 0 saturated carbocycles. The highest BCUT2D eigenvalue weighted by Gasteiger charge is 2.13. The van der Waals surface area contributed by atoms with E-state index < -0.39 is 0 Å². The van der Waals surface area contributed by atoms with E-state index in [0.717, 1.165) is 5.56 Å². The molecule has 0 atom stereocenters. The lowest BCUT2D eigenvalue weighted by molar-refractivity contribution is 0.586. The number of imidazole rings is 1. The molecular weight excluding hydrogens is 254 g/mol. The molecule has 0 saturated heterocycles. The van der Waals surface area contributed by atoms with Crippen LogP contribution in [0.5, 0.6) is 0 Å². The van der Waals surface area contributed by atoms with Gasteiger partial charge in [0.2, 0.25) is 5.95 Å². The first kappa shape index (κ1) is 13.7. The fourth-order valence-electron chi connectivity index (χ4n) is 1.57. The van der Waals surface area contributed by atoms with Crippen LogP contribution in [0.25, 0.3) is 5.95 Å². The van der Waals surface area contributed by atoms with Crippen molar-refractivity contribution >= 4 is 0 Å². The summed E-state index contributed by atoms with van der Waals surface area (Å²) < 4.78 is 1.40. The second-order valence-corrected chi connectivity index (χ2v) is 4.46. The summed E-state index contributed by atoms with van der Waals surface area (Å²) in [5.74, 6) is 0.323. The first-order chi connectivity index (χ1) is 9.65. The molecule has 0 bridgehead atoms. The predicted octanol–water partition coefficient (Wildman–Crippen LogP) is 0.904. The average Bonchev–Trinajstić information content (AvgIpc) is 2.88. The molecule has 0 aliphatic heterocycles. The number of nitrogens with zero attached hydrogens (tertiary/aromatic N) is 6. The summed E-state index contributed by atoms with van der Waals surface area (Å²) in [5, 5.41) is 21.2. The Kier molecular flexibility index (Phi) is 4.04. The van der Waals surface area contributed by atoms with Gasteiger partial charge in [0.05, 0.1) is 0 Å². The molecule has 2 heterocycles. The van der Waals surface area contributed by atoms with Gasteiger partial charge in [-0.25, -0.2) is 15.0 Å². The third-order valence-electron chi connectivity index (χ3n) is 2.60. The first-order valence-corrected chi connectivity index (χ1v) is 6.08. The van der Waals surface area contributed by atoms with Gasteiger partial charge >= 0.3 is 0 Å². The van der Waals surface area contributed by atoms with Crippen LogP contribution in [0.4, 0.5) is 0 Å². The van der Waals surface area contributed by atoms with Gasteiger partial charge in [-0.05, 0) is 0 Å². The Bertz CT molecular complexity index is 670. The molecule has 0 unspecified atom stereocenters. The van der Waals surface area contributed by atoms with Crippen molar-refractivity contribution < 1.29 is 0 Å². The van der Waals surface area contributed by atoms with E-state index >= 15 is 0 Å². The molecule has 0 amide bonds. The second-order valence-electron chi connectivity index (χ2n) is 4.46. The zero-order chi connectivity index (χ0) is 14.5. The van der Waals surface area contributed by atoms with Crippen LogP contribution in [-0.2, 0) is 6.54 Å². The zero-order valence-electron chi connectivity index (χ0n) is 11.2. The lowest BCUT2D eigenvalue weighted by atomic mass is 10.3. The van der Waals surface area contributed by atoms with Crippen molar-refractivity contribution in [3.8, 4) is 18.1 Å². The third kappa shape index (κ3) is 2.79. The summed E-state index contributed by atoms with van der Waals surface area (Å²) >= 11 is 0. The number of rotatable bonds is 4. The first-order valence-electron chi connectivity index (χ1n) is 6.08. The lowest BCUT2D eigenvalue weighted by Gasteiger charge is -2.08. The number of aromatic nitrogens is 4. The normalized spacial score (nSPS) is 10.2. The van der Waals surface area contributed by atoms with E-state index in [9.17, 15) is 0 Å². The van der Waals surface area contributed by atoms with Crippen molar-refractivity contribution in [2.45, 2.75) is 26.4 Å². The van der Waals surface area contributed by atoms with Crippen molar-refractivity contribution in [1.82, 2.24) is 24.8 Å². The molecule has 0 aromatic carbocycles. The van der Waals surface area contributed by atoms with Crippen LogP contribution < -0.4 is 5.32 Å². The predicted molar refractivity (Wildman–Crippen MR) is 70.6 cm³/mol. The number of hydrogen-bond donors (Lipinski definition) is 1. The Balaban J connectivity index is 2.25. The van der Waals surface area contributed by atoms with Crippen molar-refractivity contribution in [3.05, 3.63) is 35.7 Å². The molecule has 7 heteroatoms. The van der Waals surface area contributed by atoms with Gasteiger partial charge in [0.25, 0.3) is 0 Å². The maximum Gasteiger partial charge on any atom is 0.235 e. The van der Waals surface area contributed by atoms with Crippen LogP contribution in [0, 0.1) is 22.7 Å². The molecule has 1 N–H and O–H groups in total. The highest BCUT2D eigenvalue weighted by molar-refractivity contribution is 5.39. The molecule has 2 aromatic heterocycles. The van der Waals surface area contributed by atoms with Crippen LogP contribution in [0.3, 0.4) is 0 Å². The van der Waals surface area contributed by atoms with Gasteiger partial charge in [0.15, 0.2) is 11.4 Å². The fraction of sp³-hybridized carbons (Fsp3) is 0.308. The summed E-state index contributed by atoms with van der Waals surface area (Å²) in [5.41, 5.74) is 1.16. The van der Waals surface area contributed by atoms with Crippen molar-refractivity contribution in [2.75, 3.05) is 0 Å². The topological polar surface area (TPSA) is 103 Å². The molecule has 0 aliphatic carbocycles. The number of nitrogens with one attached hydrogen (secondary N) is 1. The van der Waals surface area contributed by atoms with E-state index in [4.69, 9.17) is 10.5 Å². The summed E-state index contributed by atoms with van der Waals surface area (Å²) in [6.45, 7) is 4.79. The molecule has 0 spiro atoms. The Morgan fingerprint density at radius 2 is 1.90 bits per heavy atom. The fourth-order valence-corrected chi connectivity index (χ4v) is 1.57. The van der Waals surface area contributed by atoms with Crippen molar-refractivity contribution in [1.29, 1.82) is 10.5 Å². The van der Waals surface area contributed by atoms with E-state index in [1.54, 1.807) is 12.4 Å². The maximum absolute atomic E-state index is 9.05. The molecule has 100 valence electrons. The van der Waals surface area contributed by atoms with Gasteiger partial charge in [-0.3, -0.25) is 4.57 Å². The van der Waals surface area contributed by atoms with Crippen LogP contribution in [0.2, 0.25) is 0 Å². The summed E-state index contributed by atoms with van der Waals surface area (Å²) in [6, 6.07) is 4.18. The highest BCUT2D eigenvalue weighted by Crippen LogP contribution is 2.10. The highest BCUT2D eigenvalue weighted by atomic mass is 15.2. The Labute approximate surface area is 116 Å². The smallest absolute Gasteiger partial charge is 0.235 e. The van der Waals surface area contributed by atoms with Crippen LogP contribution >= 0.6 is 0 Å². The minimum atomic E-state index is 0.0710. The van der Waals surface area contributed by atoms with E-state index in [2.05, 4.69) is 34.1 Å². The molecule has 7 nitrogen and oxygen atoms in total. The van der Waals surface area contributed by atoms with Gasteiger partial charge in [-0.2, -0.15) is 10.5 Å². The summed E-state index contributed by atoms with van der Waals surface area (Å²) in [4.78, 5) is 12.2. The zero-order valence-corrected chi connectivity index (χ0v) is 11.2. The molecule has 20 heavy (non-hydrogen) atoms. The molecule has 0 aliphatic rings. The largest absolute Gasteiger partial charge is 0.310 e. The van der Waals surface area contributed by atoms with Crippen LogP contribution in [0.1, 0.15) is 30.8 Å². The molecular formula is C13H13N7. The average molecular weight is 267 g/mol. The van der Waals surface area contributed by atoms with Gasteiger partial charge in [0.1, 0.15) is 18.5 Å². The van der Waals surface area contributed by atoms with Crippen LogP contribution in [-0.4, -0.2) is 25.6 Å². The molecule has 2 rings (SSSR count). The Hall–Kier alpha value is -2.77. The van der Waals surface area contributed by atoms with Gasteiger partial charge < -0.3 is 5.32 Å². The minimum absolute atomic E-state index is 0.0710. The van der Waals surface area contributed by atoms with Crippen molar-refractivity contribution in [3.63, 3.8) is 0 Å². The minimum Gasteiger partial charge on any atom is -0.310 e. The van der Waals surface area contributed by atoms with E-state index in [0.29, 0.717) is 18.5 Å². The number of hydrogen-bond acceptors (Lipinski definition) is 6. The molecule has 0 radical (unpaired) electrons. The lowest BCUT2D eigenvalue weighted by Crippen LogP contribution is -2.22. The Morgan fingerprint density at radius 1 is 1.20 bits per heavy atom. The molecule has 2 aromatic rings. The summed E-state index contributed by atoms with van der Waals surface area (Å²) in [6.07, 6.45) is 4.74. The van der Waals surface area contributed by atoms with Gasteiger partial charge in [-0.1, -0.05) is 13.8 Å².